The number of aromatic hydroxyl groups is 1. The van der Waals surface area contributed by atoms with Gasteiger partial charge in [-0.1, -0.05) is 12.1 Å². The minimum atomic E-state index is -3.66. The number of nitrogens with two attached hydrogens (primary N) is 1. The Morgan fingerprint density at radius 1 is 1.18 bits per heavy atom. The number of sulfonamides is 1. The van der Waals surface area contributed by atoms with Crippen molar-refractivity contribution in [3.05, 3.63) is 54.4 Å². The summed E-state index contributed by atoms with van der Waals surface area (Å²) in [6, 6.07) is 10.0. The second-order valence-corrected chi connectivity index (χ2v) is 6.58. The first kappa shape index (κ1) is 14.6. The molecule has 3 N–H and O–H groups in total. The third kappa shape index (κ3) is 2.81. The van der Waals surface area contributed by atoms with Crippen LogP contribution in [-0.2, 0) is 23.0 Å². The van der Waals surface area contributed by atoms with Gasteiger partial charge in [0.05, 0.1) is 15.8 Å². The molecule has 0 saturated carbocycles. The Morgan fingerprint density at radius 2 is 1.91 bits per heavy atom. The first-order chi connectivity index (χ1) is 10.4. The number of primary sulfonamides is 1. The van der Waals surface area contributed by atoms with Crippen molar-refractivity contribution >= 4 is 20.9 Å². The van der Waals surface area contributed by atoms with Crippen LogP contribution in [0.3, 0.4) is 0 Å². The molecule has 0 radical (unpaired) electrons. The van der Waals surface area contributed by atoms with Crippen LogP contribution in [0.4, 0.5) is 0 Å². The molecule has 0 bridgehead atoms. The van der Waals surface area contributed by atoms with Crippen molar-refractivity contribution in [2.75, 3.05) is 0 Å². The molecule has 1 aromatic carbocycles. The lowest BCUT2D eigenvalue weighted by Crippen LogP contribution is -2.12. The Balaban J connectivity index is 1.78. The monoisotopic (exact) mass is 317 g/mol. The van der Waals surface area contributed by atoms with Crippen molar-refractivity contribution in [2.24, 2.45) is 5.14 Å². The van der Waals surface area contributed by atoms with Crippen molar-refractivity contribution in [3.63, 3.8) is 0 Å². The van der Waals surface area contributed by atoms with E-state index in [9.17, 15) is 13.5 Å². The number of aryl methyl sites for hydroxylation is 2. The van der Waals surface area contributed by atoms with E-state index in [1.807, 2.05) is 6.07 Å². The summed E-state index contributed by atoms with van der Waals surface area (Å²) >= 11 is 0. The molecule has 22 heavy (non-hydrogen) atoms. The molecule has 114 valence electrons. The molecule has 0 aliphatic carbocycles. The molecule has 0 fully saturated rings. The van der Waals surface area contributed by atoms with Gasteiger partial charge in [-0.05, 0) is 36.2 Å². The lowest BCUT2D eigenvalue weighted by atomic mass is 10.1. The lowest BCUT2D eigenvalue weighted by Gasteiger charge is -2.06. The number of nitrogens with zero attached hydrogens (tertiary/aromatic N) is 2. The molecule has 0 atom stereocenters. The highest BCUT2D eigenvalue weighted by Gasteiger charge is 2.09. The summed E-state index contributed by atoms with van der Waals surface area (Å²) in [5.41, 5.74) is 1.70. The van der Waals surface area contributed by atoms with Crippen LogP contribution < -0.4 is 5.14 Å². The van der Waals surface area contributed by atoms with E-state index >= 15 is 0 Å². The normalized spacial score (nSPS) is 11.9. The van der Waals surface area contributed by atoms with Crippen LogP contribution in [0.25, 0.3) is 10.9 Å². The minimum absolute atomic E-state index is 0.0926. The van der Waals surface area contributed by atoms with Crippen LogP contribution in [0.2, 0.25) is 0 Å². The van der Waals surface area contributed by atoms with Crippen LogP contribution in [0, 0.1) is 0 Å². The number of aromatic nitrogens is 2. The van der Waals surface area contributed by atoms with Crippen LogP contribution in [0.15, 0.2) is 53.7 Å². The topological polar surface area (TPSA) is 98.2 Å². The van der Waals surface area contributed by atoms with E-state index in [1.54, 1.807) is 35.2 Å². The van der Waals surface area contributed by atoms with Crippen molar-refractivity contribution < 1.29 is 13.5 Å². The molecular formula is C15H15N3O3S. The second-order valence-electron chi connectivity index (χ2n) is 5.02. The summed E-state index contributed by atoms with van der Waals surface area (Å²) in [7, 11) is -3.66. The summed E-state index contributed by atoms with van der Waals surface area (Å²) in [6.45, 7) is 0.566. The Hall–Kier alpha value is -2.38. The van der Waals surface area contributed by atoms with Gasteiger partial charge in [-0.2, -0.15) is 0 Å². The zero-order valence-corrected chi connectivity index (χ0v) is 12.5. The van der Waals surface area contributed by atoms with E-state index in [4.69, 9.17) is 5.14 Å². The van der Waals surface area contributed by atoms with E-state index in [1.165, 1.54) is 12.1 Å². The highest BCUT2D eigenvalue weighted by molar-refractivity contribution is 7.89. The van der Waals surface area contributed by atoms with Gasteiger partial charge in [-0.15, -0.1) is 0 Å². The molecule has 0 spiro atoms. The molecule has 6 nitrogen and oxygen atoms in total. The van der Waals surface area contributed by atoms with Crippen molar-refractivity contribution in [2.45, 2.75) is 17.9 Å². The highest BCUT2D eigenvalue weighted by Crippen LogP contribution is 2.25. The smallest absolute Gasteiger partial charge is 0.238 e. The van der Waals surface area contributed by atoms with E-state index < -0.39 is 10.0 Å². The van der Waals surface area contributed by atoms with E-state index in [0.717, 1.165) is 11.1 Å². The van der Waals surface area contributed by atoms with Crippen LogP contribution in [0.5, 0.6) is 5.88 Å². The molecular weight excluding hydrogens is 302 g/mol. The fourth-order valence-electron chi connectivity index (χ4n) is 2.34. The third-order valence-corrected chi connectivity index (χ3v) is 4.45. The van der Waals surface area contributed by atoms with E-state index in [-0.39, 0.29) is 10.8 Å². The molecule has 0 aliphatic rings. The number of pyridine rings is 1. The van der Waals surface area contributed by atoms with Crippen LogP contribution in [-0.4, -0.2) is 23.1 Å². The number of fused-ring (bicyclic) bond motifs is 1. The molecule has 0 unspecified atom stereocenters. The van der Waals surface area contributed by atoms with Crippen molar-refractivity contribution in [1.29, 1.82) is 0 Å². The fourth-order valence-corrected chi connectivity index (χ4v) is 2.85. The summed E-state index contributed by atoms with van der Waals surface area (Å²) in [5.74, 6) is 0.184. The minimum Gasteiger partial charge on any atom is -0.494 e. The van der Waals surface area contributed by atoms with E-state index in [0.29, 0.717) is 18.4 Å². The van der Waals surface area contributed by atoms with Gasteiger partial charge < -0.3 is 9.67 Å². The summed E-state index contributed by atoms with van der Waals surface area (Å²) in [5, 5.41) is 15.9. The maximum Gasteiger partial charge on any atom is 0.238 e. The lowest BCUT2D eigenvalue weighted by molar-refractivity contribution is 0.422. The SMILES string of the molecule is NS(=O)(=O)c1ccc(CCn2cc3ncccc3c2O)cc1. The summed E-state index contributed by atoms with van der Waals surface area (Å²) in [6.07, 6.45) is 4.13. The molecule has 0 saturated heterocycles. The predicted octanol–water partition coefficient (Wildman–Crippen LogP) is 1.63. The van der Waals surface area contributed by atoms with Gasteiger partial charge in [0.15, 0.2) is 0 Å². The number of hydrogen-bond donors (Lipinski definition) is 2. The van der Waals surface area contributed by atoms with Gasteiger partial charge in [-0.3, -0.25) is 4.98 Å². The van der Waals surface area contributed by atoms with Crippen molar-refractivity contribution in [1.82, 2.24) is 9.55 Å². The molecule has 2 aromatic heterocycles. The average Bonchev–Trinajstić information content (AvgIpc) is 2.82. The zero-order valence-electron chi connectivity index (χ0n) is 11.7. The Labute approximate surface area is 127 Å². The van der Waals surface area contributed by atoms with Gasteiger partial charge in [0, 0.05) is 18.9 Å². The van der Waals surface area contributed by atoms with Gasteiger partial charge in [0.25, 0.3) is 0 Å². The maximum absolute atomic E-state index is 11.2. The third-order valence-electron chi connectivity index (χ3n) is 3.52. The Bertz CT molecular complexity index is 915. The van der Waals surface area contributed by atoms with Crippen LogP contribution >= 0.6 is 0 Å². The predicted molar refractivity (Wildman–Crippen MR) is 82.9 cm³/mol. The highest BCUT2D eigenvalue weighted by atomic mass is 32.2. The summed E-state index contributed by atoms with van der Waals surface area (Å²) < 4.78 is 24.1. The fraction of sp³-hybridized carbons (Fsp3) is 0.133. The Kier molecular flexibility index (Phi) is 3.59. The summed E-state index contributed by atoms with van der Waals surface area (Å²) in [4.78, 5) is 4.29. The zero-order chi connectivity index (χ0) is 15.7. The van der Waals surface area contributed by atoms with Gasteiger partial charge in [0.2, 0.25) is 15.9 Å². The Morgan fingerprint density at radius 3 is 2.55 bits per heavy atom. The first-order valence-electron chi connectivity index (χ1n) is 6.70. The van der Waals surface area contributed by atoms with Crippen molar-refractivity contribution in [3.8, 4) is 5.88 Å². The quantitative estimate of drug-likeness (QED) is 0.764. The average molecular weight is 317 g/mol. The van der Waals surface area contributed by atoms with Gasteiger partial charge >= 0.3 is 0 Å². The molecule has 7 heteroatoms. The molecule has 0 amide bonds. The standard InChI is InChI=1S/C15H15N3O3S/c16-22(20,21)12-5-3-11(4-6-12)7-9-18-10-14-13(15(18)19)2-1-8-17-14/h1-6,8,10,19H,7,9H2,(H2,16,20,21). The molecule has 0 aliphatic heterocycles. The molecule has 2 heterocycles. The van der Waals surface area contributed by atoms with E-state index in [2.05, 4.69) is 4.98 Å². The maximum atomic E-state index is 11.2. The first-order valence-corrected chi connectivity index (χ1v) is 8.24. The number of rotatable bonds is 4. The second kappa shape index (κ2) is 5.43. The van der Waals surface area contributed by atoms with Crippen LogP contribution in [0.1, 0.15) is 5.56 Å². The van der Waals surface area contributed by atoms with Gasteiger partial charge in [-0.25, -0.2) is 13.6 Å². The number of hydrogen-bond acceptors (Lipinski definition) is 4. The largest absolute Gasteiger partial charge is 0.494 e. The number of benzene rings is 1. The van der Waals surface area contributed by atoms with Gasteiger partial charge in [0.1, 0.15) is 0 Å². The molecule has 3 aromatic rings. The molecule has 3 rings (SSSR count).